The molecule has 21 heavy (non-hydrogen) atoms. The largest absolute Gasteiger partial charge is 0.481 e. The number of benzene rings is 1. The van der Waals surface area contributed by atoms with Crippen LogP contribution in [0.2, 0.25) is 0 Å². The Labute approximate surface area is 124 Å². The van der Waals surface area contributed by atoms with Crippen LogP contribution in [0.15, 0.2) is 18.2 Å². The van der Waals surface area contributed by atoms with Crippen molar-refractivity contribution in [3.8, 4) is 0 Å². The summed E-state index contributed by atoms with van der Waals surface area (Å²) in [6.07, 6.45) is 3.25. The van der Waals surface area contributed by atoms with E-state index in [0.717, 1.165) is 37.1 Å². The van der Waals surface area contributed by atoms with E-state index in [4.69, 9.17) is 5.11 Å². The van der Waals surface area contributed by atoms with E-state index in [-0.39, 0.29) is 12.5 Å². The molecule has 0 spiro atoms. The van der Waals surface area contributed by atoms with Gasteiger partial charge in [0.2, 0.25) is 0 Å². The maximum atomic E-state index is 12.3. The number of carbonyl (C=O) groups is 2. The molecule has 1 aromatic rings. The molecule has 1 amide bonds. The van der Waals surface area contributed by atoms with Crippen molar-refractivity contribution in [3.05, 3.63) is 29.3 Å². The van der Waals surface area contributed by atoms with E-state index in [1.807, 2.05) is 19.1 Å². The number of carbonyl (C=O) groups excluding carboxylic acids is 1. The van der Waals surface area contributed by atoms with Gasteiger partial charge in [-0.05, 0) is 37.0 Å². The van der Waals surface area contributed by atoms with Gasteiger partial charge in [0.1, 0.15) is 0 Å². The van der Waals surface area contributed by atoms with Crippen molar-refractivity contribution in [1.82, 2.24) is 5.32 Å². The van der Waals surface area contributed by atoms with Crippen molar-refractivity contribution in [2.24, 2.45) is 5.92 Å². The molecule has 1 aromatic carbocycles. The third-order valence-corrected chi connectivity index (χ3v) is 3.84. The molecule has 0 radical (unpaired) electrons. The predicted molar refractivity (Wildman–Crippen MR) is 81.6 cm³/mol. The van der Waals surface area contributed by atoms with E-state index in [2.05, 4.69) is 10.6 Å². The SMILES string of the molecule is CCCC(CNC(=O)c1cccc2c1CCCN2)C(=O)O. The summed E-state index contributed by atoms with van der Waals surface area (Å²) in [6, 6.07) is 5.63. The smallest absolute Gasteiger partial charge is 0.308 e. The predicted octanol–water partition coefficient (Wildman–Crippen LogP) is 2.28. The van der Waals surface area contributed by atoms with Crippen LogP contribution in [0, 0.1) is 5.92 Å². The van der Waals surface area contributed by atoms with E-state index >= 15 is 0 Å². The van der Waals surface area contributed by atoms with Gasteiger partial charge in [-0.3, -0.25) is 9.59 Å². The van der Waals surface area contributed by atoms with Gasteiger partial charge in [0.25, 0.3) is 5.91 Å². The summed E-state index contributed by atoms with van der Waals surface area (Å²) in [5, 5.41) is 15.2. The molecular weight excluding hydrogens is 268 g/mol. The summed E-state index contributed by atoms with van der Waals surface area (Å²) in [7, 11) is 0. The standard InChI is InChI=1S/C16H22N2O3/c1-2-5-11(16(20)21)10-18-15(19)13-6-3-8-14-12(13)7-4-9-17-14/h3,6,8,11,17H,2,4-5,7,9-10H2,1H3,(H,18,19)(H,20,21). The van der Waals surface area contributed by atoms with Crippen molar-refractivity contribution < 1.29 is 14.7 Å². The Bertz CT molecular complexity index is 528. The highest BCUT2D eigenvalue weighted by atomic mass is 16.4. The van der Waals surface area contributed by atoms with E-state index in [1.54, 1.807) is 6.07 Å². The zero-order chi connectivity index (χ0) is 15.2. The van der Waals surface area contributed by atoms with E-state index in [9.17, 15) is 9.59 Å². The lowest BCUT2D eigenvalue weighted by atomic mass is 9.97. The molecule has 1 aliphatic heterocycles. The van der Waals surface area contributed by atoms with Gasteiger partial charge >= 0.3 is 5.97 Å². The molecule has 0 saturated heterocycles. The van der Waals surface area contributed by atoms with Crippen LogP contribution in [0.25, 0.3) is 0 Å². The molecule has 1 unspecified atom stereocenters. The number of hydrogen-bond donors (Lipinski definition) is 3. The van der Waals surface area contributed by atoms with Crippen LogP contribution in [-0.2, 0) is 11.2 Å². The minimum atomic E-state index is -0.853. The Kier molecular flexibility index (Phi) is 5.20. The Morgan fingerprint density at radius 1 is 1.43 bits per heavy atom. The molecule has 3 N–H and O–H groups in total. The topological polar surface area (TPSA) is 78.4 Å². The number of fused-ring (bicyclic) bond motifs is 1. The third kappa shape index (κ3) is 3.74. The lowest BCUT2D eigenvalue weighted by molar-refractivity contribution is -0.141. The highest BCUT2D eigenvalue weighted by Crippen LogP contribution is 2.25. The molecule has 5 heteroatoms. The van der Waals surface area contributed by atoms with Gasteiger partial charge < -0.3 is 15.7 Å². The highest BCUT2D eigenvalue weighted by Gasteiger charge is 2.20. The normalized spacial score (nSPS) is 14.7. The zero-order valence-electron chi connectivity index (χ0n) is 12.3. The Hall–Kier alpha value is -2.04. The first-order chi connectivity index (χ1) is 10.1. The second-order valence-electron chi connectivity index (χ2n) is 5.40. The number of hydrogen-bond acceptors (Lipinski definition) is 3. The summed E-state index contributed by atoms with van der Waals surface area (Å²) >= 11 is 0. The fraction of sp³-hybridized carbons (Fsp3) is 0.500. The number of rotatable bonds is 6. The lowest BCUT2D eigenvalue weighted by Gasteiger charge is -2.21. The minimum Gasteiger partial charge on any atom is -0.481 e. The average molecular weight is 290 g/mol. The molecule has 2 rings (SSSR count). The molecule has 114 valence electrons. The number of nitrogens with one attached hydrogen (secondary N) is 2. The molecule has 1 aliphatic rings. The summed E-state index contributed by atoms with van der Waals surface area (Å²) in [6.45, 7) is 3.05. The summed E-state index contributed by atoms with van der Waals surface area (Å²) in [5.41, 5.74) is 2.70. The summed E-state index contributed by atoms with van der Waals surface area (Å²) < 4.78 is 0. The minimum absolute atomic E-state index is 0.180. The first kappa shape index (κ1) is 15.4. The maximum Gasteiger partial charge on any atom is 0.308 e. The molecular formula is C16H22N2O3. The second-order valence-corrected chi connectivity index (χ2v) is 5.40. The maximum absolute atomic E-state index is 12.3. The molecule has 5 nitrogen and oxygen atoms in total. The Morgan fingerprint density at radius 2 is 2.24 bits per heavy atom. The first-order valence-corrected chi connectivity index (χ1v) is 7.50. The fourth-order valence-corrected chi connectivity index (χ4v) is 2.70. The molecule has 0 bridgehead atoms. The van der Waals surface area contributed by atoms with Gasteiger partial charge in [0.05, 0.1) is 5.92 Å². The number of aliphatic carboxylic acids is 1. The van der Waals surface area contributed by atoms with Crippen LogP contribution >= 0.6 is 0 Å². The third-order valence-electron chi connectivity index (χ3n) is 3.84. The van der Waals surface area contributed by atoms with Crippen LogP contribution < -0.4 is 10.6 Å². The second kappa shape index (κ2) is 7.11. The van der Waals surface area contributed by atoms with Gasteiger partial charge in [0.15, 0.2) is 0 Å². The average Bonchev–Trinajstić information content (AvgIpc) is 2.50. The van der Waals surface area contributed by atoms with Gasteiger partial charge in [-0.1, -0.05) is 19.4 Å². The monoisotopic (exact) mass is 290 g/mol. The first-order valence-electron chi connectivity index (χ1n) is 7.50. The number of amides is 1. The van der Waals surface area contributed by atoms with Gasteiger partial charge in [-0.25, -0.2) is 0 Å². The van der Waals surface area contributed by atoms with Gasteiger partial charge in [0, 0.05) is 24.3 Å². The van der Waals surface area contributed by atoms with Crippen molar-refractivity contribution in [2.75, 3.05) is 18.4 Å². The molecule has 0 aliphatic carbocycles. The quantitative estimate of drug-likeness (QED) is 0.751. The van der Waals surface area contributed by atoms with Crippen molar-refractivity contribution >= 4 is 17.6 Å². The van der Waals surface area contributed by atoms with Crippen molar-refractivity contribution in [2.45, 2.75) is 32.6 Å². The summed E-state index contributed by atoms with van der Waals surface area (Å²) in [5.74, 6) is -1.55. The van der Waals surface area contributed by atoms with Crippen LogP contribution in [0.4, 0.5) is 5.69 Å². The van der Waals surface area contributed by atoms with Crippen molar-refractivity contribution in [3.63, 3.8) is 0 Å². The van der Waals surface area contributed by atoms with Crippen LogP contribution in [0.3, 0.4) is 0 Å². The Morgan fingerprint density at radius 3 is 2.95 bits per heavy atom. The van der Waals surface area contributed by atoms with Crippen LogP contribution in [-0.4, -0.2) is 30.1 Å². The van der Waals surface area contributed by atoms with Crippen LogP contribution in [0.1, 0.15) is 42.1 Å². The molecule has 0 saturated carbocycles. The molecule has 0 fully saturated rings. The van der Waals surface area contributed by atoms with Crippen molar-refractivity contribution in [1.29, 1.82) is 0 Å². The zero-order valence-corrected chi connectivity index (χ0v) is 12.3. The lowest BCUT2D eigenvalue weighted by Crippen LogP contribution is -2.33. The van der Waals surface area contributed by atoms with E-state index in [0.29, 0.717) is 12.0 Å². The van der Waals surface area contributed by atoms with E-state index in [1.165, 1.54) is 0 Å². The van der Waals surface area contributed by atoms with Gasteiger partial charge in [-0.15, -0.1) is 0 Å². The molecule has 1 atom stereocenters. The fourth-order valence-electron chi connectivity index (χ4n) is 2.70. The number of anilines is 1. The molecule has 0 aromatic heterocycles. The van der Waals surface area contributed by atoms with Crippen LogP contribution in [0.5, 0.6) is 0 Å². The van der Waals surface area contributed by atoms with Gasteiger partial charge in [-0.2, -0.15) is 0 Å². The Balaban J connectivity index is 2.05. The molecule has 1 heterocycles. The summed E-state index contributed by atoms with van der Waals surface area (Å²) in [4.78, 5) is 23.4. The number of carboxylic acid groups (broad SMARTS) is 1. The van der Waals surface area contributed by atoms with E-state index < -0.39 is 11.9 Å². The highest BCUT2D eigenvalue weighted by molar-refractivity contribution is 5.97. The number of carboxylic acids is 1.